The van der Waals surface area contributed by atoms with Crippen molar-refractivity contribution < 1.29 is 4.79 Å². The van der Waals surface area contributed by atoms with Crippen LogP contribution in [0.5, 0.6) is 0 Å². The lowest BCUT2D eigenvalue weighted by molar-refractivity contribution is -0.122. The van der Waals surface area contributed by atoms with Crippen molar-refractivity contribution >= 4 is 22.8 Å². The fourth-order valence-corrected chi connectivity index (χ4v) is 3.47. The molecule has 3 heterocycles. The van der Waals surface area contributed by atoms with Gasteiger partial charge in [0.25, 0.3) is 0 Å². The van der Waals surface area contributed by atoms with E-state index in [0.29, 0.717) is 12.5 Å². The van der Waals surface area contributed by atoms with E-state index in [9.17, 15) is 4.79 Å². The second kappa shape index (κ2) is 7.51. The summed E-state index contributed by atoms with van der Waals surface area (Å²) in [5.74, 6) is 1.17. The van der Waals surface area contributed by atoms with Gasteiger partial charge in [-0.2, -0.15) is 5.10 Å². The number of anilines is 1. The first-order valence-corrected chi connectivity index (χ1v) is 8.99. The SMILES string of the molecule is O=C(Cn1ncc2ccccc21)NC[C@H]1CCCN(c2ncccn2)C1. The Balaban J connectivity index is 1.31. The molecule has 0 unspecified atom stereocenters. The number of hydrogen-bond donors (Lipinski definition) is 1. The number of aromatic nitrogens is 4. The van der Waals surface area contributed by atoms with Crippen molar-refractivity contribution in [3.05, 3.63) is 48.9 Å². The number of para-hydroxylation sites is 1. The first-order chi connectivity index (χ1) is 12.8. The first-order valence-electron chi connectivity index (χ1n) is 8.99. The number of hydrogen-bond acceptors (Lipinski definition) is 5. The van der Waals surface area contributed by atoms with Gasteiger partial charge >= 0.3 is 0 Å². The lowest BCUT2D eigenvalue weighted by Crippen LogP contribution is -2.42. The second-order valence-electron chi connectivity index (χ2n) is 6.67. The van der Waals surface area contributed by atoms with Gasteiger partial charge in [0.2, 0.25) is 11.9 Å². The molecule has 7 nitrogen and oxygen atoms in total. The summed E-state index contributed by atoms with van der Waals surface area (Å²) in [6.45, 7) is 2.75. The molecule has 1 aromatic carbocycles. The van der Waals surface area contributed by atoms with Crippen molar-refractivity contribution in [2.45, 2.75) is 19.4 Å². The van der Waals surface area contributed by atoms with Crippen LogP contribution in [0.3, 0.4) is 0 Å². The number of carbonyl (C=O) groups is 1. The number of amides is 1. The highest BCUT2D eigenvalue weighted by molar-refractivity contribution is 5.81. The number of nitrogens with zero attached hydrogens (tertiary/aromatic N) is 5. The molecule has 1 aliphatic rings. The standard InChI is InChI=1S/C19H22N6O/c26-18(14-25-17-7-2-1-6-16(17)12-23-25)22-11-15-5-3-10-24(13-15)19-20-8-4-9-21-19/h1-2,4,6-9,12,15H,3,5,10-11,13-14H2,(H,22,26)/t15-/m1/s1. The van der Waals surface area contributed by atoms with E-state index in [-0.39, 0.29) is 12.5 Å². The van der Waals surface area contributed by atoms with E-state index in [1.54, 1.807) is 23.3 Å². The van der Waals surface area contributed by atoms with Crippen molar-refractivity contribution in [1.29, 1.82) is 0 Å². The predicted molar refractivity (Wildman–Crippen MR) is 99.7 cm³/mol. The molecule has 3 aromatic rings. The smallest absolute Gasteiger partial charge is 0.241 e. The molecule has 134 valence electrons. The zero-order valence-electron chi connectivity index (χ0n) is 14.6. The molecule has 1 fully saturated rings. The van der Waals surface area contributed by atoms with E-state index in [1.807, 2.05) is 30.3 Å². The quantitative estimate of drug-likeness (QED) is 0.760. The van der Waals surface area contributed by atoms with Gasteiger partial charge in [0.05, 0.1) is 11.7 Å². The first kappa shape index (κ1) is 16.5. The average molecular weight is 350 g/mol. The van der Waals surface area contributed by atoms with Crippen LogP contribution in [0.25, 0.3) is 10.9 Å². The minimum absolute atomic E-state index is 0.00747. The minimum Gasteiger partial charge on any atom is -0.354 e. The molecular weight excluding hydrogens is 328 g/mol. The third kappa shape index (κ3) is 3.66. The lowest BCUT2D eigenvalue weighted by atomic mass is 9.98. The number of benzene rings is 1. The highest BCUT2D eigenvalue weighted by Gasteiger charge is 2.22. The molecular formula is C19H22N6O. The number of piperidine rings is 1. The van der Waals surface area contributed by atoms with Gasteiger partial charge in [0.15, 0.2) is 0 Å². The fraction of sp³-hybridized carbons (Fsp3) is 0.368. The van der Waals surface area contributed by atoms with Gasteiger partial charge in [-0.1, -0.05) is 18.2 Å². The molecule has 0 bridgehead atoms. The summed E-state index contributed by atoms with van der Waals surface area (Å²) in [7, 11) is 0. The highest BCUT2D eigenvalue weighted by Crippen LogP contribution is 2.19. The summed E-state index contributed by atoms with van der Waals surface area (Å²) >= 11 is 0. The molecule has 26 heavy (non-hydrogen) atoms. The molecule has 1 saturated heterocycles. The number of rotatable bonds is 5. The van der Waals surface area contributed by atoms with Crippen LogP contribution in [0.4, 0.5) is 5.95 Å². The van der Waals surface area contributed by atoms with Gasteiger partial charge < -0.3 is 10.2 Å². The molecule has 1 atom stereocenters. The van der Waals surface area contributed by atoms with Crippen molar-refractivity contribution in [2.75, 3.05) is 24.5 Å². The molecule has 2 aromatic heterocycles. The average Bonchev–Trinajstić information content (AvgIpc) is 3.10. The third-order valence-corrected chi connectivity index (χ3v) is 4.79. The molecule has 7 heteroatoms. The Morgan fingerprint density at radius 2 is 2.04 bits per heavy atom. The summed E-state index contributed by atoms with van der Waals surface area (Å²) in [6, 6.07) is 9.73. The Labute approximate surface area is 152 Å². The number of fused-ring (bicyclic) bond motifs is 1. The maximum absolute atomic E-state index is 12.3. The predicted octanol–water partition coefficient (Wildman–Crippen LogP) is 1.86. The Bertz CT molecular complexity index is 878. The van der Waals surface area contributed by atoms with E-state index in [2.05, 4.69) is 25.3 Å². The van der Waals surface area contributed by atoms with Crippen LogP contribution in [0.15, 0.2) is 48.9 Å². The summed E-state index contributed by atoms with van der Waals surface area (Å²) in [5, 5.41) is 8.42. The van der Waals surface area contributed by atoms with Crippen LogP contribution in [-0.4, -0.2) is 45.3 Å². The summed E-state index contributed by atoms with van der Waals surface area (Å²) in [5.41, 5.74) is 0.979. The Morgan fingerprint density at radius 1 is 1.19 bits per heavy atom. The molecule has 4 rings (SSSR count). The van der Waals surface area contributed by atoms with Crippen molar-refractivity contribution in [3.63, 3.8) is 0 Å². The van der Waals surface area contributed by atoms with Crippen molar-refractivity contribution in [3.8, 4) is 0 Å². The molecule has 0 spiro atoms. The molecule has 1 aliphatic heterocycles. The Morgan fingerprint density at radius 3 is 2.92 bits per heavy atom. The normalized spacial score (nSPS) is 17.4. The van der Waals surface area contributed by atoms with Crippen LogP contribution < -0.4 is 10.2 Å². The minimum atomic E-state index is -0.00747. The topological polar surface area (TPSA) is 75.9 Å². The van der Waals surface area contributed by atoms with Crippen LogP contribution in [0.2, 0.25) is 0 Å². The van der Waals surface area contributed by atoms with E-state index in [4.69, 9.17) is 0 Å². The van der Waals surface area contributed by atoms with Crippen LogP contribution in [-0.2, 0) is 11.3 Å². The van der Waals surface area contributed by atoms with Crippen LogP contribution in [0.1, 0.15) is 12.8 Å². The van der Waals surface area contributed by atoms with Crippen LogP contribution >= 0.6 is 0 Å². The van der Waals surface area contributed by atoms with E-state index in [0.717, 1.165) is 42.8 Å². The zero-order valence-corrected chi connectivity index (χ0v) is 14.6. The maximum atomic E-state index is 12.3. The van der Waals surface area contributed by atoms with Gasteiger partial charge in [-0.05, 0) is 30.9 Å². The van der Waals surface area contributed by atoms with Gasteiger partial charge in [0, 0.05) is 37.4 Å². The molecule has 0 saturated carbocycles. The van der Waals surface area contributed by atoms with Gasteiger partial charge in [0.1, 0.15) is 6.54 Å². The molecule has 1 amide bonds. The van der Waals surface area contributed by atoms with Crippen molar-refractivity contribution in [1.82, 2.24) is 25.1 Å². The Kier molecular flexibility index (Phi) is 4.77. The fourth-order valence-electron chi connectivity index (χ4n) is 3.47. The van der Waals surface area contributed by atoms with E-state index < -0.39 is 0 Å². The highest BCUT2D eigenvalue weighted by atomic mass is 16.2. The van der Waals surface area contributed by atoms with Gasteiger partial charge in [-0.3, -0.25) is 9.48 Å². The lowest BCUT2D eigenvalue weighted by Gasteiger charge is -2.32. The summed E-state index contributed by atoms with van der Waals surface area (Å²) in [6.07, 6.45) is 7.52. The van der Waals surface area contributed by atoms with Crippen molar-refractivity contribution in [2.24, 2.45) is 5.92 Å². The second-order valence-corrected chi connectivity index (χ2v) is 6.67. The van der Waals surface area contributed by atoms with Crippen LogP contribution in [0, 0.1) is 5.92 Å². The van der Waals surface area contributed by atoms with E-state index in [1.165, 1.54) is 0 Å². The molecule has 1 N–H and O–H groups in total. The number of nitrogens with one attached hydrogen (secondary N) is 1. The number of carbonyl (C=O) groups excluding carboxylic acids is 1. The molecule has 0 radical (unpaired) electrons. The van der Waals surface area contributed by atoms with Gasteiger partial charge in [-0.25, -0.2) is 9.97 Å². The molecule has 0 aliphatic carbocycles. The van der Waals surface area contributed by atoms with E-state index >= 15 is 0 Å². The Hall–Kier alpha value is -2.96. The third-order valence-electron chi connectivity index (χ3n) is 4.79. The maximum Gasteiger partial charge on any atom is 0.241 e. The van der Waals surface area contributed by atoms with Gasteiger partial charge in [-0.15, -0.1) is 0 Å². The summed E-state index contributed by atoms with van der Waals surface area (Å²) < 4.78 is 1.75. The zero-order chi connectivity index (χ0) is 17.8. The monoisotopic (exact) mass is 350 g/mol. The summed E-state index contributed by atoms with van der Waals surface area (Å²) in [4.78, 5) is 23.2. The largest absolute Gasteiger partial charge is 0.354 e.